The van der Waals surface area contributed by atoms with Gasteiger partial charge in [-0.25, -0.2) is 0 Å². The molecule has 2 aromatic carbocycles. The molecule has 1 heterocycles. The number of piperazine rings is 1. The van der Waals surface area contributed by atoms with Crippen LogP contribution in [0, 0.1) is 0 Å². The summed E-state index contributed by atoms with van der Waals surface area (Å²) in [7, 11) is 1.58. The first-order valence-electron chi connectivity index (χ1n) is 8.32. The highest BCUT2D eigenvalue weighted by atomic mass is 35.5. The van der Waals surface area contributed by atoms with Gasteiger partial charge < -0.3 is 19.3 Å². The maximum absolute atomic E-state index is 12.4. The summed E-state index contributed by atoms with van der Waals surface area (Å²) in [5, 5.41) is 1.07. The highest BCUT2D eigenvalue weighted by molar-refractivity contribution is 6.42. The van der Waals surface area contributed by atoms with Gasteiger partial charge in [-0.2, -0.15) is 0 Å². The standard InChI is InChI=1S/C19H20Cl2N2O3/c1-25-17-4-2-3-5-18(17)26-13-19(24)23-10-8-22(9-11-23)14-6-7-15(20)16(21)12-14/h2-7,12H,8-11,13H2,1H3. The summed E-state index contributed by atoms with van der Waals surface area (Å²) < 4.78 is 10.8. The quantitative estimate of drug-likeness (QED) is 0.774. The third-order valence-corrected chi connectivity index (χ3v) is 5.06. The van der Waals surface area contributed by atoms with Gasteiger partial charge in [0.25, 0.3) is 5.91 Å². The first-order chi connectivity index (χ1) is 12.6. The molecule has 3 rings (SSSR count). The van der Waals surface area contributed by atoms with Crippen LogP contribution in [0.1, 0.15) is 0 Å². The number of hydrogen-bond acceptors (Lipinski definition) is 4. The molecular weight excluding hydrogens is 375 g/mol. The molecule has 0 N–H and O–H groups in total. The molecule has 26 heavy (non-hydrogen) atoms. The van der Waals surface area contributed by atoms with Crippen molar-refractivity contribution in [2.24, 2.45) is 0 Å². The lowest BCUT2D eigenvalue weighted by molar-refractivity contribution is -0.133. The lowest BCUT2D eigenvalue weighted by Crippen LogP contribution is -2.50. The summed E-state index contributed by atoms with van der Waals surface area (Å²) in [6, 6.07) is 12.9. The molecule has 1 saturated heterocycles. The molecule has 1 aliphatic rings. The number of amides is 1. The second-order valence-corrected chi connectivity index (χ2v) is 6.72. The van der Waals surface area contributed by atoms with Gasteiger partial charge in [-0.15, -0.1) is 0 Å². The van der Waals surface area contributed by atoms with Gasteiger partial charge in [0.05, 0.1) is 17.2 Å². The number of carbonyl (C=O) groups excluding carboxylic acids is 1. The van der Waals surface area contributed by atoms with E-state index in [-0.39, 0.29) is 12.5 Å². The number of nitrogens with zero attached hydrogens (tertiary/aromatic N) is 2. The van der Waals surface area contributed by atoms with Crippen LogP contribution in [0.3, 0.4) is 0 Å². The Hall–Kier alpha value is -2.11. The lowest BCUT2D eigenvalue weighted by atomic mass is 10.2. The molecule has 138 valence electrons. The highest BCUT2D eigenvalue weighted by Crippen LogP contribution is 2.28. The van der Waals surface area contributed by atoms with Gasteiger partial charge in [-0.05, 0) is 30.3 Å². The van der Waals surface area contributed by atoms with Gasteiger partial charge in [0.2, 0.25) is 0 Å². The van der Waals surface area contributed by atoms with Crippen LogP contribution in [-0.4, -0.2) is 50.7 Å². The average molecular weight is 395 g/mol. The van der Waals surface area contributed by atoms with Crippen molar-refractivity contribution in [3.63, 3.8) is 0 Å². The van der Waals surface area contributed by atoms with Gasteiger partial charge in [-0.1, -0.05) is 35.3 Å². The van der Waals surface area contributed by atoms with Gasteiger partial charge in [0.1, 0.15) is 0 Å². The second kappa shape index (κ2) is 8.52. The van der Waals surface area contributed by atoms with E-state index < -0.39 is 0 Å². The summed E-state index contributed by atoms with van der Waals surface area (Å²) in [5.74, 6) is 1.15. The van der Waals surface area contributed by atoms with Crippen molar-refractivity contribution < 1.29 is 14.3 Å². The fraction of sp³-hybridized carbons (Fsp3) is 0.316. The summed E-state index contributed by atoms with van der Waals surface area (Å²) in [4.78, 5) is 16.4. The molecule has 0 bridgehead atoms. The molecule has 5 nitrogen and oxygen atoms in total. The Morgan fingerprint density at radius 2 is 1.69 bits per heavy atom. The monoisotopic (exact) mass is 394 g/mol. The Morgan fingerprint density at radius 3 is 2.35 bits per heavy atom. The van der Waals surface area contributed by atoms with Gasteiger partial charge in [-0.3, -0.25) is 4.79 Å². The summed E-state index contributed by atoms with van der Waals surface area (Å²) >= 11 is 12.1. The Kier molecular flexibility index (Phi) is 6.12. The molecule has 0 unspecified atom stereocenters. The molecule has 0 spiro atoms. The van der Waals surface area contributed by atoms with Crippen molar-refractivity contribution >= 4 is 34.8 Å². The first kappa shape index (κ1) is 18.7. The number of ether oxygens (including phenoxy) is 2. The van der Waals surface area contributed by atoms with Crippen molar-refractivity contribution in [1.29, 1.82) is 0 Å². The minimum atomic E-state index is -0.0373. The van der Waals surface area contributed by atoms with Crippen LogP contribution < -0.4 is 14.4 Å². The smallest absolute Gasteiger partial charge is 0.260 e. The molecule has 0 aromatic heterocycles. The van der Waals surface area contributed by atoms with Crippen LogP contribution >= 0.6 is 23.2 Å². The fourth-order valence-electron chi connectivity index (χ4n) is 2.86. The molecule has 0 radical (unpaired) electrons. The van der Waals surface area contributed by atoms with Crippen molar-refractivity contribution in [3.05, 3.63) is 52.5 Å². The van der Waals surface area contributed by atoms with E-state index in [4.69, 9.17) is 32.7 Å². The lowest BCUT2D eigenvalue weighted by Gasteiger charge is -2.36. The predicted molar refractivity (Wildman–Crippen MR) is 104 cm³/mol. The average Bonchev–Trinajstić information content (AvgIpc) is 2.68. The van der Waals surface area contributed by atoms with Crippen molar-refractivity contribution in [3.8, 4) is 11.5 Å². The van der Waals surface area contributed by atoms with E-state index in [9.17, 15) is 4.79 Å². The second-order valence-electron chi connectivity index (χ2n) is 5.91. The molecule has 1 amide bonds. The Morgan fingerprint density at radius 1 is 1.00 bits per heavy atom. The minimum Gasteiger partial charge on any atom is -0.493 e. The molecule has 1 fully saturated rings. The van der Waals surface area contributed by atoms with Gasteiger partial charge in [0, 0.05) is 31.9 Å². The number of para-hydroxylation sites is 2. The maximum Gasteiger partial charge on any atom is 0.260 e. The number of benzene rings is 2. The molecule has 2 aromatic rings. The number of rotatable bonds is 5. The minimum absolute atomic E-state index is 0.00680. The zero-order valence-corrected chi connectivity index (χ0v) is 16.0. The molecule has 0 atom stereocenters. The van der Waals surface area contributed by atoms with Crippen molar-refractivity contribution in [2.45, 2.75) is 0 Å². The Balaban J connectivity index is 1.52. The highest BCUT2D eigenvalue weighted by Gasteiger charge is 2.22. The van der Waals surface area contributed by atoms with E-state index in [1.807, 2.05) is 29.2 Å². The predicted octanol–water partition coefficient (Wildman–Crippen LogP) is 3.73. The first-order valence-corrected chi connectivity index (χ1v) is 9.07. The third-order valence-electron chi connectivity index (χ3n) is 4.32. The van der Waals surface area contributed by atoms with Crippen LogP contribution in [0.25, 0.3) is 0 Å². The Bertz CT molecular complexity index is 777. The Labute approximate surface area is 163 Å². The molecular formula is C19H20Cl2N2O3. The summed E-state index contributed by atoms with van der Waals surface area (Å²) in [5.41, 5.74) is 1.01. The van der Waals surface area contributed by atoms with Gasteiger partial charge >= 0.3 is 0 Å². The SMILES string of the molecule is COc1ccccc1OCC(=O)N1CCN(c2ccc(Cl)c(Cl)c2)CC1. The van der Waals surface area contributed by atoms with Crippen molar-refractivity contribution in [1.82, 2.24) is 4.90 Å². The van der Waals surface area contributed by atoms with E-state index >= 15 is 0 Å². The third kappa shape index (κ3) is 4.34. The molecule has 1 aliphatic heterocycles. The summed E-state index contributed by atoms with van der Waals surface area (Å²) in [6.45, 7) is 2.73. The zero-order chi connectivity index (χ0) is 18.5. The van der Waals surface area contributed by atoms with E-state index in [1.165, 1.54) is 0 Å². The zero-order valence-electron chi connectivity index (χ0n) is 14.5. The number of hydrogen-bond donors (Lipinski definition) is 0. The van der Waals surface area contributed by atoms with Crippen LogP contribution in [0.5, 0.6) is 11.5 Å². The largest absolute Gasteiger partial charge is 0.493 e. The van der Waals surface area contributed by atoms with E-state index in [0.717, 1.165) is 18.8 Å². The number of halogens is 2. The fourth-order valence-corrected chi connectivity index (χ4v) is 3.16. The van der Waals surface area contributed by atoms with Crippen molar-refractivity contribution in [2.75, 3.05) is 44.8 Å². The van der Waals surface area contributed by atoms with Crippen LogP contribution in [0.15, 0.2) is 42.5 Å². The number of carbonyl (C=O) groups is 1. The van der Waals surface area contributed by atoms with Crippen LogP contribution in [-0.2, 0) is 4.79 Å². The van der Waals surface area contributed by atoms with Gasteiger partial charge in [0.15, 0.2) is 18.1 Å². The van der Waals surface area contributed by atoms with E-state index in [2.05, 4.69) is 4.90 Å². The van der Waals surface area contributed by atoms with Crippen LogP contribution in [0.4, 0.5) is 5.69 Å². The van der Waals surface area contributed by atoms with Crippen LogP contribution in [0.2, 0.25) is 10.0 Å². The van der Waals surface area contributed by atoms with E-state index in [1.54, 1.807) is 25.3 Å². The topological polar surface area (TPSA) is 42.0 Å². The van der Waals surface area contributed by atoms with E-state index in [0.29, 0.717) is 34.6 Å². The summed E-state index contributed by atoms with van der Waals surface area (Å²) in [6.07, 6.45) is 0. The maximum atomic E-state index is 12.4. The number of methoxy groups -OCH3 is 1. The molecule has 0 aliphatic carbocycles. The number of anilines is 1. The molecule has 0 saturated carbocycles. The molecule has 7 heteroatoms. The normalized spacial score (nSPS) is 14.3.